The molecule has 0 aromatic heterocycles. The van der Waals surface area contributed by atoms with Gasteiger partial charge in [-0.1, -0.05) is 52.4 Å². The van der Waals surface area contributed by atoms with Gasteiger partial charge in [0.1, 0.15) is 5.60 Å². The van der Waals surface area contributed by atoms with Crippen LogP contribution in [0, 0.1) is 0 Å². The summed E-state index contributed by atoms with van der Waals surface area (Å²) in [5.74, 6) is -1.52. The van der Waals surface area contributed by atoms with Crippen LogP contribution in [-0.2, 0) is 35.0 Å². The van der Waals surface area contributed by atoms with Crippen molar-refractivity contribution in [1.29, 1.82) is 0 Å². The van der Waals surface area contributed by atoms with Crippen molar-refractivity contribution in [1.82, 2.24) is 5.32 Å². The lowest BCUT2D eigenvalue weighted by Gasteiger charge is -2.48. The van der Waals surface area contributed by atoms with Gasteiger partial charge in [-0.15, -0.1) is 0 Å². The molecule has 1 fully saturated rings. The van der Waals surface area contributed by atoms with Crippen LogP contribution < -0.4 is 5.32 Å². The van der Waals surface area contributed by atoms with Gasteiger partial charge in [0, 0.05) is 12.0 Å². The molecule has 3 atom stereocenters. The molecule has 2 nitrogen and oxygen atoms in total. The average molecular weight is 722 g/mol. The van der Waals surface area contributed by atoms with Gasteiger partial charge in [-0.2, -0.15) is 52.7 Å². The zero-order valence-corrected chi connectivity index (χ0v) is 27.8. The van der Waals surface area contributed by atoms with Crippen molar-refractivity contribution in [3.05, 3.63) is 69.8 Å². The molecule has 1 aliphatic rings. The Hall–Kier alpha value is -2.48. The Morgan fingerprint density at radius 2 is 1.06 bits per heavy atom. The average Bonchev–Trinajstić information content (AvgIpc) is 3.54. The Bertz CT molecular complexity index is 1310. The molecule has 0 bridgehead atoms. The number of rotatable bonds is 14. The van der Waals surface area contributed by atoms with E-state index in [1.165, 1.54) is 6.92 Å². The normalized spacial score (nSPS) is 18.5. The largest absolute Gasteiger partial charge is 0.416 e. The minimum Gasteiger partial charge on any atom is -0.362 e. The van der Waals surface area contributed by atoms with Gasteiger partial charge < -0.3 is 10.1 Å². The molecule has 0 saturated carbocycles. The third-order valence-electron chi connectivity index (χ3n) is 9.37. The molecule has 2 aromatic carbocycles. The Labute approximate surface area is 279 Å². The number of hydrogen-bond donors (Lipinski definition) is 1. The summed E-state index contributed by atoms with van der Waals surface area (Å²) in [6.07, 6.45) is -16.5. The highest BCUT2D eigenvalue weighted by Crippen LogP contribution is 2.52. The molecule has 0 amide bonds. The van der Waals surface area contributed by atoms with Crippen molar-refractivity contribution in [2.75, 3.05) is 6.54 Å². The first-order chi connectivity index (χ1) is 22.5. The van der Waals surface area contributed by atoms with Gasteiger partial charge in [-0.05, 0) is 93.6 Å². The molecule has 3 rings (SSSR count). The zero-order valence-electron chi connectivity index (χ0n) is 27.8. The molecule has 1 N–H and O–H groups in total. The summed E-state index contributed by atoms with van der Waals surface area (Å²) in [4.78, 5) is 0. The fourth-order valence-corrected chi connectivity index (χ4v) is 6.85. The second-order valence-electron chi connectivity index (χ2n) is 13.3. The van der Waals surface area contributed by atoms with Gasteiger partial charge in [0.2, 0.25) is 0 Å². The Morgan fingerprint density at radius 1 is 0.633 bits per heavy atom. The molecule has 1 saturated heterocycles. The lowest BCUT2D eigenvalue weighted by molar-refractivity contribution is -0.176. The Kier molecular flexibility index (Phi) is 12.9. The second-order valence-corrected chi connectivity index (χ2v) is 13.3. The number of alkyl halides is 12. The first kappa shape index (κ1) is 40.9. The number of halogens is 12. The number of ether oxygens (including phenoxy) is 1. The standard InChI is InChI=1S/C35H43F12NO/c1-5-7-8-9-10-11-13-28(22-16-24(32(36,37)38)20-25(17-22)33(39,40)41)31(6-2,49-30(3,4)29-14-12-15-48-29)23-18-26(34(42,43)44)21-27(19-23)35(45,46)47/h16-21,28-29,48H,5-15H2,1-4H3. The summed E-state index contributed by atoms with van der Waals surface area (Å²) in [5.41, 5.74) is -11.4. The van der Waals surface area contributed by atoms with Crippen LogP contribution in [0.15, 0.2) is 36.4 Å². The fourth-order valence-electron chi connectivity index (χ4n) is 6.85. The maximum absolute atomic E-state index is 14.2. The van der Waals surface area contributed by atoms with E-state index >= 15 is 0 Å². The third kappa shape index (κ3) is 10.3. The minimum absolute atomic E-state index is 0.0573. The molecule has 1 aliphatic heterocycles. The van der Waals surface area contributed by atoms with E-state index in [0.29, 0.717) is 56.5 Å². The van der Waals surface area contributed by atoms with Crippen LogP contribution >= 0.6 is 0 Å². The van der Waals surface area contributed by atoms with E-state index in [-0.39, 0.29) is 31.4 Å². The van der Waals surface area contributed by atoms with E-state index in [1.54, 1.807) is 13.8 Å². The summed E-state index contributed by atoms with van der Waals surface area (Å²) >= 11 is 0. The van der Waals surface area contributed by atoms with Gasteiger partial charge in [0.05, 0.1) is 27.9 Å². The predicted octanol–water partition coefficient (Wildman–Crippen LogP) is 12.4. The molecular formula is C35H43F12NO. The van der Waals surface area contributed by atoms with Gasteiger partial charge >= 0.3 is 24.7 Å². The fraction of sp³-hybridized carbons (Fsp3) is 0.657. The van der Waals surface area contributed by atoms with Crippen molar-refractivity contribution in [2.45, 2.75) is 140 Å². The van der Waals surface area contributed by atoms with E-state index in [9.17, 15) is 52.7 Å². The summed E-state index contributed by atoms with van der Waals surface area (Å²) in [6.45, 7) is 7.03. The Morgan fingerprint density at radius 3 is 1.47 bits per heavy atom. The van der Waals surface area contributed by atoms with Crippen LogP contribution in [0.5, 0.6) is 0 Å². The zero-order chi connectivity index (χ0) is 37.1. The number of hydrogen-bond acceptors (Lipinski definition) is 2. The molecule has 14 heteroatoms. The van der Waals surface area contributed by atoms with E-state index in [0.717, 1.165) is 19.3 Å². The van der Waals surface area contributed by atoms with Crippen molar-refractivity contribution < 1.29 is 57.4 Å². The van der Waals surface area contributed by atoms with E-state index in [2.05, 4.69) is 5.32 Å². The molecule has 278 valence electrons. The molecule has 2 aromatic rings. The van der Waals surface area contributed by atoms with Crippen LogP contribution in [0.4, 0.5) is 52.7 Å². The van der Waals surface area contributed by atoms with Crippen LogP contribution in [0.2, 0.25) is 0 Å². The molecule has 3 unspecified atom stereocenters. The molecule has 0 spiro atoms. The van der Waals surface area contributed by atoms with Crippen molar-refractivity contribution in [2.24, 2.45) is 0 Å². The quantitative estimate of drug-likeness (QED) is 0.155. The van der Waals surface area contributed by atoms with Crippen molar-refractivity contribution in [3.63, 3.8) is 0 Å². The Balaban J connectivity index is 2.44. The first-order valence-electron chi connectivity index (χ1n) is 16.5. The second kappa shape index (κ2) is 15.4. The lowest BCUT2D eigenvalue weighted by atomic mass is 9.71. The number of nitrogens with one attached hydrogen (secondary N) is 1. The van der Waals surface area contributed by atoms with Crippen LogP contribution in [-0.4, -0.2) is 18.2 Å². The summed E-state index contributed by atoms with van der Waals surface area (Å²) in [7, 11) is 0. The van der Waals surface area contributed by atoms with Crippen LogP contribution in [0.25, 0.3) is 0 Å². The smallest absolute Gasteiger partial charge is 0.362 e. The van der Waals surface area contributed by atoms with Crippen molar-refractivity contribution in [3.8, 4) is 0 Å². The van der Waals surface area contributed by atoms with Crippen LogP contribution in [0.3, 0.4) is 0 Å². The molecule has 0 aliphatic carbocycles. The number of benzene rings is 2. The number of unbranched alkanes of at least 4 members (excludes halogenated alkanes) is 5. The van der Waals surface area contributed by atoms with Gasteiger partial charge in [-0.3, -0.25) is 0 Å². The van der Waals surface area contributed by atoms with Gasteiger partial charge in [0.15, 0.2) is 0 Å². The third-order valence-corrected chi connectivity index (χ3v) is 9.37. The first-order valence-corrected chi connectivity index (χ1v) is 16.5. The van der Waals surface area contributed by atoms with E-state index in [4.69, 9.17) is 4.74 Å². The van der Waals surface area contributed by atoms with E-state index in [1.807, 2.05) is 6.92 Å². The van der Waals surface area contributed by atoms with E-state index < -0.39 is 81.2 Å². The van der Waals surface area contributed by atoms with Gasteiger partial charge in [0.25, 0.3) is 0 Å². The van der Waals surface area contributed by atoms with Gasteiger partial charge in [-0.25, -0.2) is 0 Å². The molecule has 0 radical (unpaired) electrons. The monoisotopic (exact) mass is 721 g/mol. The topological polar surface area (TPSA) is 21.3 Å². The highest BCUT2D eigenvalue weighted by molar-refractivity contribution is 5.42. The maximum Gasteiger partial charge on any atom is 0.416 e. The predicted molar refractivity (Wildman–Crippen MR) is 162 cm³/mol. The lowest BCUT2D eigenvalue weighted by Crippen LogP contribution is -2.52. The molecule has 1 heterocycles. The summed E-state index contributed by atoms with van der Waals surface area (Å²) in [5, 5.41) is 3.19. The molecular weight excluding hydrogens is 678 g/mol. The summed E-state index contributed by atoms with van der Waals surface area (Å²) in [6, 6.07) is 1.37. The SMILES string of the molecule is CCCCCCCCC(c1cc(C(F)(F)F)cc(C(F)(F)F)c1)C(CC)(OC(C)(C)C1CCCN1)c1cc(C(F)(F)F)cc(C(F)(F)F)c1. The minimum atomic E-state index is -5.27. The van der Waals surface area contributed by atoms with Crippen molar-refractivity contribution >= 4 is 0 Å². The highest BCUT2D eigenvalue weighted by atomic mass is 19.4. The highest BCUT2D eigenvalue weighted by Gasteiger charge is 2.50. The maximum atomic E-state index is 14.2. The van der Waals surface area contributed by atoms with Crippen LogP contribution in [0.1, 0.15) is 131 Å². The summed E-state index contributed by atoms with van der Waals surface area (Å²) < 4.78 is 176. The molecule has 49 heavy (non-hydrogen) atoms.